The summed E-state index contributed by atoms with van der Waals surface area (Å²) >= 11 is 6.06. The van der Waals surface area contributed by atoms with Gasteiger partial charge in [0, 0.05) is 24.0 Å². The molecule has 0 spiro atoms. The summed E-state index contributed by atoms with van der Waals surface area (Å²) in [6, 6.07) is 9.45. The molecule has 0 aliphatic heterocycles. The van der Waals surface area contributed by atoms with Gasteiger partial charge in [0.25, 0.3) is 5.69 Å². The van der Waals surface area contributed by atoms with Crippen molar-refractivity contribution in [3.05, 3.63) is 64.1 Å². The molecule has 2 heterocycles. The van der Waals surface area contributed by atoms with E-state index in [2.05, 4.69) is 20.3 Å². The van der Waals surface area contributed by atoms with Crippen molar-refractivity contribution in [2.24, 2.45) is 0 Å². The van der Waals surface area contributed by atoms with Gasteiger partial charge >= 0.3 is 0 Å². The lowest BCUT2D eigenvalue weighted by molar-refractivity contribution is -0.384. The van der Waals surface area contributed by atoms with Gasteiger partial charge < -0.3 is 10.1 Å². The molecule has 0 fully saturated rings. The maximum Gasteiger partial charge on any atom is 0.296 e. The third kappa shape index (κ3) is 3.81. The van der Waals surface area contributed by atoms with E-state index in [0.717, 1.165) is 5.56 Å². The average molecular weight is 358 g/mol. The van der Waals surface area contributed by atoms with E-state index in [-0.39, 0.29) is 16.5 Å². The van der Waals surface area contributed by atoms with E-state index in [1.54, 1.807) is 36.7 Å². The molecule has 25 heavy (non-hydrogen) atoms. The highest BCUT2D eigenvalue weighted by Gasteiger charge is 2.16. The van der Waals surface area contributed by atoms with Crippen LogP contribution in [0.4, 0.5) is 17.2 Å². The smallest absolute Gasteiger partial charge is 0.296 e. The zero-order valence-corrected chi connectivity index (χ0v) is 13.8. The molecule has 0 saturated carbocycles. The molecule has 0 aliphatic carbocycles. The van der Waals surface area contributed by atoms with Gasteiger partial charge in [-0.05, 0) is 24.3 Å². The zero-order valence-electron chi connectivity index (χ0n) is 13.0. The molecule has 0 radical (unpaired) electrons. The number of aromatic nitrogens is 3. The highest BCUT2D eigenvalue weighted by atomic mass is 35.5. The van der Waals surface area contributed by atoms with Crippen LogP contribution in [0.1, 0.15) is 0 Å². The number of hydrogen-bond acceptors (Lipinski definition) is 7. The highest BCUT2D eigenvalue weighted by molar-refractivity contribution is 6.29. The van der Waals surface area contributed by atoms with Crippen molar-refractivity contribution >= 4 is 28.8 Å². The summed E-state index contributed by atoms with van der Waals surface area (Å²) in [6.45, 7) is 0. The summed E-state index contributed by atoms with van der Waals surface area (Å²) in [6.07, 6.45) is 3.22. The van der Waals surface area contributed by atoms with Crippen molar-refractivity contribution in [3.8, 4) is 17.1 Å². The van der Waals surface area contributed by atoms with Crippen LogP contribution in [0.3, 0.4) is 0 Å². The minimum Gasteiger partial charge on any atom is -0.496 e. The first-order valence-electron chi connectivity index (χ1n) is 7.11. The van der Waals surface area contributed by atoms with Crippen molar-refractivity contribution in [2.45, 2.75) is 0 Å². The van der Waals surface area contributed by atoms with Crippen molar-refractivity contribution in [1.29, 1.82) is 0 Å². The molecule has 0 atom stereocenters. The summed E-state index contributed by atoms with van der Waals surface area (Å²) in [5.74, 6) is 1.10. The van der Waals surface area contributed by atoms with Crippen molar-refractivity contribution in [1.82, 2.24) is 15.0 Å². The molecule has 9 heteroatoms. The van der Waals surface area contributed by atoms with Crippen LogP contribution in [0.25, 0.3) is 11.4 Å². The van der Waals surface area contributed by atoms with Gasteiger partial charge in [-0.3, -0.25) is 15.1 Å². The van der Waals surface area contributed by atoms with Crippen LogP contribution in [0, 0.1) is 10.1 Å². The Bertz CT molecular complexity index is 921. The van der Waals surface area contributed by atoms with Crippen molar-refractivity contribution in [3.63, 3.8) is 0 Å². The van der Waals surface area contributed by atoms with Gasteiger partial charge in [0.15, 0.2) is 5.82 Å². The molecular formula is C16H12ClN5O3. The lowest BCUT2D eigenvalue weighted by Crippen LogP contribution is -2.01. The number of rotatable bonds is 5. The Balaban J connectivity index is 1.99. The SMILES string of the molecule is COc1ccc(Nc2cc(Cl)nc(-c3ccncc3)n2)c([N+](=O)[O-])c1. The number of methoxy groups -OCH3 is 1. The van der Waals surface area contributed by atoms with Gasteiger partial charge in [0.2, 0.25) is 0 Å². The van der Waals surface area contributed by atoms with Crippen LogP contribution in [-0.4, -0.2) is 27.0 Å². The van der Waals surface area contributed by atoms with Gasteiger partial charge in [-0.15, -0.1) is 0 Å². The first-order chi connectivity index (χ1) is 12.1. The summed E-state index contributed by atoms with van der Waals surface area (Å²) in [5, 5.41) is 14.4. The lowest BCUT2D eigenvalue weighted by Gasteiger charge is -2.09. The Kier molecular flexibility index (Phi) is 4.71. The minimum absolute atomic E-state index is 0.139. The van der Waals surface area contributed by atoms with Gasteiger partial charge in [0.1, 0.15) is 22.4 Å². The maximum atomic E-state index is 11.3. The summed E-state index contributed by atoms with van der Waals surface area (Å²) in [4.78, 5) is 23.2. The molecule has 0 amide bonds. The van der Waals surface area contributed by atoms with E-state index >= 15 is 0 Å². The third-order valence-corrected chi connectivity index (χ3v) is 3.49. The molecule has 0 aliphatic rings. The average Bonchev–Trinajstić information content (AvgIpc) is 2.62. The zero-order chi connectivity index (χ0) is 17.8. The van der Waals surface area contributed by atoms with Crippen LogP contribution in [0.5, 0.6) is 5.75 Å². The predicted octanol–water partition coefficient (Wildman–Crippen LogP) is 3.85. The third-order valence-electron chi connectivity index (χ3n) is 3.30. The maximum absolute atomic E-state index is 11.3. The van der Waals surface area contributed by atoms with Crippen LogP contribution in [-0.2, 0) is 0 Å². The molecule has 1 N–H and O–H groups in total. The predicted molar refractivity (Wildman–Crippen MR) is 93.2 cm³/mol. The molecular weight excluding hydrogens is 346 g/mol. The molecule has 0 bridgehead atoms. The second-order valence-electron chi connectivity index (χ2n) is 4.90. The molecule has 1 aromatic carbocycles. The monoisotopic (exact) mass is 357 g/mol. The van der Waals surface area contributed by atoms with Gasteiger partial charge in [-0.25, -0.2) is 9.97 Å². The molecule has 0 unspecified atom stereocenters. The first-order valence-corrected chi connectivity index (χ1v) is 7.49. The number of halogens is 1. The van der Waals surface area contributed by atoms with E-state index in [0.29, 0.717) is 17.4 Å². The quantitative estimate of drug-likeness (QED) is 0.420. The Hall–Kier alpha value is -3.26. The van der Waals surface area contributed by atoms with Crippen LogP contribution < -0.4 is 10.1 Å². The van der Waals surface area contributed by atoms with E-state index in [1.807, 2.05) is 0 Å². The van der Waals surface area contributed by atoms with Crippen LogP contribution in [0.15, 0.2) is 48.8 Å². The largest absolute Gasteiger partial charge is 0.496 e. The van der Waals surface area contributed by atoms with Gasteiger partial charge in [-0.2, -0.15) is 0 Å². The number of nitro benzene ring substituents is 1. The number of anilines is 2. The van der Waals surface area contributed by atoms with Crippen molar-refractivity contribution in [2.75, 3.05) is 12.4 Å². The Morgan fingerprint density at radius 3 is 2.60 bits per heavy atom. The number of pyridine rings is 1. The molecule has 0 saturated heterocycles. The van der Waals surface area contributed by atoms with E-state index in [9.17, 15) is 10.1 Å². The molecule has 2 aromatic heterocycles. The Morgan fingerprint density at radius 1 is 1.16 bits per heavy atom. The number of nitrogens with one attached hydrogen (secondary N) is 1. The number of nitrogens with zero attached hydrogens (tertiary/aromatic N) is 4. The summed E-state index contributed by atoms with van der Waals surface area (Å²) in [5.41, 5.74) is 0.852. The van der Waals surface area contributed by atoms with E-state index < -0.39 is 4.92 Å². The first kappa shape index (κ1) is 16.6. The normalized spacial score (nSPS) is 10.3. The Labute approximate surface area is 147 Å². The standard InChI is InChI=1S/C16H12ClN5O3/c1-25-11-2-3-12(13(8-11)22(23)24)19-15-9-14(17)20-16(21-15)10-4-6-18-7-5-10/h2-9H,1H3,(H,19,20,21). The summed E-state index contributed by atoms with van der Waals surface area (Å²) in [7, 11) is 1.44. The topological polar surface area (TPSA) is 103 Å². The van der Waals surface area contributed by atoms with E-state index in [4.69, 9.17) is 16.3 Å². The molecule has 3 rings (SSSR count). The van der Waals surface area contributed by atoms with Gasteiger partial charge in [-0.1, -0.05) is 11.6 Å². The van der Waals surface area contributed by atoms with E-state index in [1.165, 1.54) is 19.2 Å². The molecule has 126 valence electrons. The number of benzene rings is 1. The number of hydrogen-bond donors (Lipinski definition) is 1. The summed E-state index contributed by atoms with van der Waals surface area (Å²) < 4.78 is 5.02. The Morgan fingerprint density at radius 2 is 1.92 bits per heavy atom. The van der Waals surface area contributed by atoms with Gasteiger partial charge in [0.05, 0.1) is 18.1 Å². The molecule has 3 aromatic rings. The van der Waals surface area contributed by atoms with Crippen molar-refractivity contribution < 1.29 is 9.66 Å². The lowest BCUT2D eigenvalue weighted by atomic mass is 10.2. The minimum atomic E-state index is -0.503. The number of nitro groups is 1. The fraction of sp³-hybridized carbons (Fsp3) is 0.0625. The fourth-order valence-corrected chi connectivity index (χ4v) is 2.33. The van der Waals surface area contributed by atoms with Crippen LogP contribution in [0.2, 0.25) is 5.15 Å². The fourth-order valence-electron chi connectivity index (χ4n) is 2.14. The second kappa shape index (κ2) is 7.10. The molecule has 8 nitrogen and oxygen atoms in total. The van der Waals surface area contributed by atoms with Crippen LogP contribution >= 0.6 is 11.6 Å². The second-order valence-corrected chi connectivity index (χ2v) is 5.29. The highest BCUT2D eigenvalue weighted by Crippen LogP contribution is 2.31. The number of ether oxygens (including phenoxy) is 1.